The molecule has 2 heterocycles. The average Bonchev–Trinajstić information content (AvgIpc) is 2.92. The first-order valence-corrected chi connectivity index (χ1v) is 10.0. The summed E-state index contributed by atoms with van der Waals surface area (Å²) in [6, 6.07) is 1.80. The molecule has 146 valence electrons. The third kappa shape index (κ3) is 3.73. The lowest BCUT2D eigenvalue weighted by molar-refractivity contribution is 0.0746. The van der Waals surface area contributed by atoms with Crippen LogP contribution in [0.5, 0.6) is 0 Å². The van der Waals surface area contributed by atoms with Crippen molar-refractivity contribution in [1.29, 1.82) is 0 Å². The smallest absolute Gasteiger partial charge is 0.200 e. The van der Waals surface area contributed by atoms with Crippen LogP contribution in [-0.4, -0.2) is 31.5 Å². The summed E-state index contributed by atoms with van der Waals surface area (Å²) in [4.78, 5) is 42.5. The molecule has 0 saturated heterocycles. The van der Waals surface area contributed by atoms with Crippen LogP contribution in [0.15, 0.2) is 24.7 Å². The molecular formula is C22H26N4O2. The van der Waals surface area contributed by atoms with Crippen molar-refractivity contribution in [2.24, 2.45) is 10.8 Å². The van der Waals surface area contributed by atoms with E-state index in [0.29, 0.717) is 24.4 Å². The van der Waals surface area contributed by atoms with Gasteiger partial charge in [-0.15, -0.1) is 0 Å². The maximum atomic E-state index is 12.8. The highest BCUT2D eigenvalue weighted by Crippen LogP contribution is 2.61. The van der Waals surface area contributed by atoms with Gasteiger partial charge in [-0.1, -0.05) is 6.42 Å². The minimum Gasteiger partial charge on any atom is -0.292 e. The van der Waals surface area contributed by atoms with Crippen LogP contribution in [0.25, 0.3) is 0 Å². The van der Waals surface area contributed by atoms with Gasteiger partial charge in [0, 0.05) is 30.9 Å². The van der Waals surface area contributed by atoms with Gasteiger partial charge in [-0.3, -0.25) is 14.6 Å². The van der Waals surface area contributed by atoms with Gasteiger partial charge in [0.05, 0.1) is 11.9 Å². The van der Waals surface area contributed by atoms with Crippen LogP contribution in [0.3, 0.4) is 0 Å². The van der Waals surface area contributed by atoms with Crippen LogP contribution in [0.4, 0.5) is 0 Å². The fourth-order valence-corrected chi connectivity index (χ4v) is 5.22. The second-order valence-corrected chi connectivity index (χ2v) is 8.79. The molecule has 0 N–H and O–H groups in total. The molecule has 4 rings (SSSR count). The molecule has 28 heavy (non-hydrogen) atoms. The van der Waals surface area contributed by atoms with Crippen LogP contribution in [0, 0.1) is 24.7 Å². The third-order valence-corrected chi connectivity index (χ3v) is 6.53. The maximum Gasteiger partial charge on any atom is 0.200 e. The molecular weight excluding hydrogens is 352 g/mol. The van der Waals surface area contributed by atoms with Crippen molar-refractivity contribution in [3.8, 4) is 0 Å². The molecule has 6 nitrogen and oxygen atoms in total. The van der Waals surface area contributed by atoms with E-state index in [-0.39, 0.29) is 22.4 Å². The maximum absolute atomic E-state index is 12.8. The largest absolute Gasteiger partial charge is 0.292 e. The van der Waals surface area contributed by atoms with Crippen molar-refractivity contribution in [3.63, 3.8) is 0 Å². The fourth-order valence-electron chi connectivity index (χ4n) is 5.22. The van der Waals surface area contributed by atoms with Gasteiger partial charge in [-0.05, 0) is 62.8 Å². The molecule has 2 aliphatic carbocycles. The highest BCUT2D eigenvalue weighted by Gasteiger charge is 2.52. The second kappa shape index (κ2) is 7.15. The molecule has 2 aliphatic rings. The van der Waals surface area contributed by atoms with Gasteiger partial charge in [0.2, 0.25) is 5.78 Å². The van der Waals surface area contributed by atoms with Crippen LogP contribution in [-0.2, 0) is 0 Å². The number of carbonyl (C=O) groups excluding carboxylic acids is 2. The van der Waals surface area contributed by atoms with E-state index in [1.165, 1.54) is 0 Å². The Kier molecular flexibility index (Phi) is 4.81. The summed E-state index contributed by atoms with van der Waals surface area (Å²) in [7, 11) is 0. The van der Waals surface area contributed by atoms with Crippen molar-refractivity contribution in [2.45, 2.75) is 65.2 Å². The molecule has 2 unspecified atom stereocenters. The molecule has 2 bridgehead atoms. The zero-order valence-corrected chi connectivity index (χ0v) is 16.6. The van der Waals surface area contributed by atoms with Gasteiger partial charge in [0.1, 0.15) is 5.69 Å². The van der Waals surface area contributed by atoms with E-state index in [4.69, 9.17) is 0 Å². The Morgan fingerprint density at radius 1 is 0.893 bits per heavy atom. The number of ketones is 2. The van der Waals surface area contributed by atoms with Crippen molar-refractivity contribution in [2.75, 3.05) is 0 Å². The molecule has 0 aliphatic heterocycles. The zero-order valence-electron chi connectivity index (χ0n) is 16.6. The predicted octanol–water partition coefficient (Wildman–Crippen LogP) is 4.07. The van der Waals surface area contributed by atoms with Crippen molar-refractivity contribution in [3.05, 3.63) is 47.6 Å². The zero-order chi connectivity index (χ0) is 19.8. The summed E-state index contributed by atoms with van der Waals surface area (Å²) in [5, 5.41) is 0. The van der Waals surface area contributed by atoms with E-state index in [9.17, 15) is 9.59 Å². The Labute approximate surface area is 165 Å². The van der Waals surface area contributed by atoms with Crippen LogP contribution < -0.4 is 0 Å². The number of rotatable bonds is 6. The number of hydrogen-bond acceptors (Lipinski definition) is 6. The number of aromatic nitrogens is 4. The van der Waals surface area contributed by atoms with Crippen molar-refractivity contribution >= 4 is 11.6 Å². The number of carbonyl (C=O) groups is 2. The van der Waals surface area contributed by atoms with Gasteiger partial charge < -0.3 is 0 Å². The Hall–Kier alpha value is -2.50. The first-order chi connectivity index (χ1) is 13.4. The standard InChI is InChI=1S/C22H26N4O2/c1-15-4-9-23-20(26-15)19(28)11-22-6-3-5-21(14-22,7-8-22)10-18(27)17-13-24-16(2)12-25-17/h4,9,12-13H,3,5-8,10-11,14H2,1-2H3. The van der Waals surface area contributed by atoms with Crippen molar-refractivity contribution < 1.29 is 9.59 Å². The first kappa shape index (κ1) is 18.8. The lowest BCUT2D eigenvalue weighted by Crippen LogP contribution is -2.31. The molecule has 0 radical (unpaired) electrons. The first-order valence-electron chi connectivity index (χ1n) is 10.0. The average molecular weight is 378 g/mol. The monoisotopic (exact) mass is 378 g/mol. The summed E-state index contributed by atoms with van der Waals surface area (Å²) in [6.45, 7) is 3.74. The van der Waals surface area contributed by atoms with Gasteiger partial charge >= 0.3 is 0 Å². The second-order valence-electron chi connectivity index (χ2n) is 8.79. The molecule has 2 aromatic heterocycles. The molecule has 2 fully saturated rings. The van der Waals surface area contributed by atoms with Gasteiger partial charge in [-0.2, -0.15) is 0 Å². The Balaban J connectivity index is 1.47. The van der Waals surface area contributed by atoms with Crippen LogP contribution >= 0.6 is 0 Å². The third-order valence-electron chi connectivity index (χ3n) is 6.53. The highest BCUT2D eigenvalue weighted by atomic mass is 16.1. The van der Waals surface area contributed by atoms with E-state index in [0.717, 1.165) is 49.9 Å². The summed E-state index contributed by atoms with van der Waals surface area (Å²) in [5.74, 6) is 0.416. The molecule has 0 aromatic carbocycles. The molecule has 2 aromatic rings. The normalized spacial score (nSPS) is 26.2. The number of nitrogens with zero attached hydrogens (tertiary/aromatic N) is 4. The van der Waals surface area contributed by atoms with E-state index in [1.807, 2.05) is 13.8 Å². The lowest BCUT2D eigenvalue weighted by atomic mass is 9.65. The SMILES string of the molecule is Cc1cnc(C(=O)CC23CCCC(CC(=O)c4nccc(C)n4)(CC2)C3)cn1. The van der Waals surface area contributed by atoms with E-state index < -0.39 is 0 Å². The highest BCUT2D eigenvalue weighted by molar-refractivity contribution is 5.94. The number of fused-ring (bicyclic) bond motifs is 2. The van der Waals surface area contributed by atoms with Crippen LogP contribution in [0.1, 0.15) is 83.9 Å². The molecule has 0 amide bonds. The lowest BCUT2D eigenvalue weighted by Gasteiger charge is -2.39. The molecule has 2 saturated carbocycles. The Morgan fingerprint density at radius 3 is 2.25 bits per heavy atom. The topological polar surface area (TPSA) is 85.7 Å². The molecule has 2 atom stereocenters. The van der Waals surface area contributed by atoms with Gasteiger partial charge in [0.15, 0.2) is 11.6 Å². The van der Waals surface area contributed by atoms with E-state index in [1.54, 1.807) is 24.7 Å². The number of Topliss-reactive ketones (excluding diaryl/α,β-unsaturated/α-hetero) is 2. The summed E-state index contributed by atoms with van der Waals surface area (Å²) in [5.41, 5.74) is 2.05. The number of aryl methyl sites for hydroxylation is 2. The summed E-state index contributed by atoms with van der Waals surface area (Å²) in [6.07, 6.45) is 11.9. The predicted molar refractivity (Wildman–Crippen MR) is 104 cm³/mol. The summed E-state index contributed by atoms with van der Waals surface area (Å²) >= 11 is 0. The van der Waals surface area contributed by atoms with E-state index in [2.05, 4.69) is 19.9 Å². The van der Waals surface area contributed by atoms with Gasteiger partial charge in [0.25, 0.3) is 0 Å². The van der Waals surface area contributed by atoms with E-state index >= 15 is 0 Å². The minimum absolute atomic E-state index is 0.00432. The van der Waals surface area contributed by atoms with Gasteiger partial charge in [-0.25, -0.2) is 15.0 Å². The number of hydrogen-bond donors (Lipinski definition) is 0. The molecule has 0 spiro atoms. The Bertz CT molecular complexity index is 911. The summed E-state index contributed by atoms with van der Waals surface area (Å²) < 4.78 is 0. The van der Waals surface area contributed by atoms with Crippen LogP contribution in [0.2, 0.25) is 0 Å². The fraction of sp³-hybridized carbons (Fsp3) is 0.545. The van der Waals surface area contributed by atoms with Crippen molar-refractivity contribution in [1.82, 2.24) is 19.9 Å². The Morgan fingerprint density at radius 2 is 1.61 bits per heavy atom. The quantitative estimate of drug-likeness (QED) is 0.704. The molecule has 6 heteroatoms. The minimum atomic E-state index is -0.0122.